The maximum atomic E-state index is 4.46. The number of hydrogen-bond donors (Lipinski definition) is 1. The molecule has 18 heavy (non-hydrogen) atoms. The van der Waals surface area contributed by atoms with Gasteiger partial charge in [0, 0.05) is 26.3 Å². The molecule has 0 amide bonds. The number of aryl methyl sites for hydroxylation is 1. The molecule has 0 radical (unpaired) electrons. The average molecular weight is 250 g/mol. The molecular formula is C14H26N4. The molecule has 1 fully saturated rings. The van der Waals surface area contributed by atoms with Crippen LogP contribution in [0.25, 0.3) is 0 Å². The number of hydrogen-bond acceptors (Lipinski definition) is 3. The van der Waals surface area contributed by atoms with Gasteiger partial charge in [-0.1, -0.05) is 6.92 Å². The summed E-state index contributed by atoms with van der Waals surface area (Å²) in [6.45, 7) is 7.99. The maximum absolute atomic E-state index is 4.46. The quantitative estimate of drug-likeness (QED) is 0.779. The van der Waals surface area contributed by atoms with Gasteiger partial charge < -0.3 is 5.32 Å². The lowest BCUT2D eigenvalue weighted by Gasteiger charge is -2.32. The molecule has 1 aromatic heterocycles. The molecule has 0 aliphatic carbocycles. The smallest absolute Gasteiger partial charge is 0.0764 e. The second-order valence-electron chi connectivity index (χ2n) is 5.43. The number of nitrogens with zero attached hydrogens (tertiary/aromatic N) is 3. The van der Waals surface area contributed by atoms with Gasteiger partial charge in [0.2, 0.25) is 0 Å². The summed E-state index contributed by atoms with van der Waals surface area (Å²) < 4.78 is 1.89. The second kappa shape index (κ2) is 6.90. The fourth-order valence-electron chi connectivity index (χ4n) is 2.72. The molecule has 0 aromatic carbocycles. The molecule has 2 rings (SSSR count). The van der Waals surface area contributed by atoms with Crippen LogP contribution in [0.3, 0.4) is 0 Å². The van der Waals surface area contributed by atoms with Gasteiger partial charge in [0.05, 0.1) is 5.69 Å². The van der Waals surface area contributed by atoms with Crippen molar-refractivity contribution in [3.05, 3.63) is 18.0 Å². The van der Waals surface area contributed by atoms with Crippen LogP contribution in [0.1, 0.15) is 31.9 Å². The van der Waals surface area contributed by atoms with E-state index >= 15 is 0 Å². The van der Waals surface area contributed by atoms with Crippen LogP contribution in [-0.2, 0) is 13.6 Å². The summed E-state index contributed by atoms with van der Waals surface area (Å²) in [5.74, 6) is 0.814. The number of piperidine rings is 1. The molecule has 2 heterocycles. The predicted octanol–water partition coefficient (Wildman–Crippen LogP) is 1.63. The van der Waals surface area contributed by atoms with Gasteiger partial charge in [0.25, 0.3) is 0 Å². The monoisotopic (exact) mass is 250 g/mol. The highest BCUT2D eigenvalue weighted by atomic mass is 15.3. The molecule has 1 aromatic rings. The Morgan fingerprint density at radius 1 is 1.50 bits per heavy atom. The molecule has 102 valence electrons. The van der Waals surface area contributed by atoms with E-state index in [9.17, 15) is 0 Å². The fourth-order valence-corrected chi connectivity index (χ4v) is 2.72. The third kappa shape index (κ3) is 4.10. The fraction of sp³-hybridized carbons (Fsp3) is 0.786. The van der Waals surface area contributed by atoms with Crippen molar-refractivity contribution in [2.45, 2.75) is 32.7 Å². The first-order valence-corrected chi connectivity index (χ1v) is 7.19. The van der Waals surface area contributed by atoms with Gasteiger partial charge >= 0.3 is 0 Å². The molecule has 1 atom stereocenters. The van der Waals surface area contributed by atoms with Crippen LogP contribution in [-0.4, -0.2) is 40.9 Å². The standard InChI is InChI=1S/C14H26N4/c1-3-7-15-10-13-5-4-8-18(11-13)12-14-6-9-17(2)16-14/h6,9,13,15H,3-5,7-8,10-12H2,1-2H3. The SMILES string of the molecule is CCCNCC1CCCN(Cc2ccn(C)n2)C1. The van der Waals surface area contributed by atoms with Gasteiger partial charge in [0.1, 0.15) is 0 Å². The van der Waals surface area contributed by atoms with Crippen LogP contribution < -0.4 is 5.32 Å². The van der Waals surface area contributed by atoms with Crippen molar-refractivity contribution in [1.82, 2.24) is 20.0 Å². The first-order chi connectivity index (χ1) is 8.78. The molecule has 0 saturated carbocycles. The van der Waals surface area contributed by atoms with Crippen molar-refractivity contribution < 1.29 is 0 Å². The molecule has 1 saturated heterocycles. The molecule has 1 aliphatic rings. The third-order valence-corrected chi connectivity index (χ3v) is 3.62. The lowest BCUT2D eigenvalue weighted by atomic mass is 9.98. The molecule has 0 spiro atoms. The van der Waals surface area contributed by atoms with Crippen LogP contribution in [0.4, 0.5) is 0 Å². The van der Waals surface area contributed by atoms with Crippen LogP contribution >= 0.6 is 0 Å². The second-order valence-corrected chi connectivity index (χ2v) is 5.43. The zero-order valence-electron chi connectivity index (χ0n) is 11.7. The zero-order valence-corrected chi connectivity index (χ0v) is 11.7. The van der Waals surface area contributed by atoms with Crippen molar-refractivity contribution in [2.75, 3.05) is 26.2 Å². The molecule has 1 N–H and O–H groups in total. The largest absolute Gasteiger partial charge is 0.316 e. The number of rotatable bonds is 6. The summed E-state index contributed by atoms with van der Waals surface area (Å²) in [6, 6.07) is 2.12. The van der Waals surface area contributed by atoms with Gasteiger partial charge in [-0.3, -0.25) is 9.58 Å². The third-order valence-electron chi connectivity index (χ3n) is 3.62. The van der Waals surface area contributed by atoms with Gasteiger partial charge in [-0.25, -0.2) is 0 Å². The summed E-state index contributed by atoms with van der Waals surface area (Å²) in [4.78, 5) is 2.55. The van der Waals surface area contributed by atoms with Crippen molar-refractivity contribution in [3.63, 3.8) is 0 Å². The Hall–Kier alpha value is -0.870. The van der Waals surface area contributed by atoms with E-state index in [1.54, 1.807) is 0 Å². The maximum Gasteiger partial charge on any atom is 0.0764 e. The van der Waals surface area contributed by atoms with E-state index in [1.807, 2.05) is 17.9 Å². The molecule has 1 unspecified atom stereocenters. The number of nitrogens with one attached hydrogen (secondary N) is 1. The molecule has 4 nitrogen and oxygen atoms in total. The molecule has 4 heteroatoms. The van der Waals surface area contributed by atoms with E-state index in [1.165, 1.54) is 44.6 Å². The van der Waals surface area contributed by atoms with Crippen molar-refractivity contribution in [1.29, 1.82) is 0 Å². The normalized spacial score (nSPS) is 21.3. The summed E-state index contributed by atoms with van der Waals surface area (Å²) in [5, 5.41) is 8.01. The minimum absolute atomic E-state index is 0.814. The Kier molecular flexibility index (Phi) is 5.20. The van der Waals surface area contributed by atoms with E-state index < -0.39 is 0 Å². The summed E-state index contributed by atoms with van der Waals surface area (Å²) >= 11 is 0. The lowest BCUT2D eigenvalue weighted by Crippen LogP contribution is -2.39. The highest BCUT2D eigenvalue weighted by molar-refractivity contribution is 4.98. The highest BCUT2D eigenvalue weighted by Gasteiger charge is 2.19. The van der Waals surface area contributed by atoms with Crippen LogP contribution in [0, 0.1) is 5.92 Å². The molecule has 1 aliphatic heterocycles. The Labute approximate surface area is 110 Å². The summed E-state index contributed by atoms with van der Waals surface area (Å²) in [5.41, 5.74) is 1.19. The van der Waals surface area contributed by atoms with E-state index in [-0.39, 0.29) is 0 Å². The first kappa shape index (κ1) is 13.6. The zero-order chi connectivity index (χ0) is 12.8. The van der Waals surface area contributed by atoms with Crippen LogP contribution in [0.15, 0.2) is 12.3 Å². The minimum atomic E-state index is 0.814. The van der Waals surface area contributed by atoms with E-state index in [0.717, 1.165) is 19.0 Å². The van der Waals surface area contributed by atoms with Gasteiger partial charge in [-0.05, 0) is 50.9 Å². The first-order valence-electron chi connectivity index (χ1n) is 7.19. The number of aromatic nitrogens is 2. The molecule has 0 bridgehead atoms. The van der Waals surface area contributed by atoms with Crippen LogP contribution in [0.5, 0.6) is 0 Å². The Morgan fingerprint density at radius 3 is 3.11 bits per heavy atom. The Bertz CT molecular complexity index is 347. The number of likely N-dealkylation sites (tertiary alicyclic amines) is 1. The minimum Gasteiger partial charge on any atom is -0.316 e. The summed E-state index contributed by atoms with van der Waals surface area (Å²) in [7, 11) is 1.98. The van der Waals surface area contributed by atoms with Crippen molar-refractivity contribution >= 4 is 0 Å². The van der Waals surface area contributed by atoms with Gasteiger partial charge in [-0.2, -0.15) is 5.10 Å². The van der Waals surface area contributed by atoms with Crippen LogP contribution in [0.2, 0.25) is 0 Å². The van der Waals surface area contributed by atoms with E-state index in [4.69, 9.17) is 0 Å². The molecular weight excluding hydrogens is 224 g/mol. The Balaban J connectivity index is 1.76. The Morgan fingerprint density at radius 2 is 2.39 bits per heavy atom. The highest BCUT2D eigenvalue weighted by Crippen LogP contribution is 2.17. The van der Waals surface area contributed by atoms with E-state index in [0.29, 0.717) is 0 Å². The topological polar surface area (TPSA) is 33.1 Å². The summed E-state index contributed by atoms with van der Waals surface area (Å²) in [6.07, 6.45) is 5.95. The van der Waals surface area contributed by atoms with Gasteiger partial charge in [0.15, 0.2) is 0 Å². The van der Waals surface area contributed by atoms with Crippen molar-refractivity contribution in [3.8, 4) is 0 Å². The lowest BCUT2D eigenvalue weighted by molar-refractivity contribution is 0.163. The average Bonchev–Trinajstić information content (AvgIpc) is 2.76. The van der Waals surface area contributed by atoms with E-state index in [2.05, 4.69) is 28.3 Å². The van der Waals surface area contributed by atoms with Crippen molar-refractivity contribution in [2.24, 2.45) is 13.0 Å². The van der Waals surface area contributed by atoms with Gasteiger partial charge in [-0.15, -0.1) is 0 Å². The predicted molar refractivity (Wildman–Crippen MR) is 74.4 cm³/mol.